The monoisotopic (exact) mass is 614 g/mol. The molecule has 0 aromatic heterocycles. The molecule has 0 aliphatic carbocycles. The summed E-state index contributed by atoms with van der Waals surface area (Å²) in [5, 5.41) is 0. The first kappa shape index (κ1) is 37.1. The van der Waals surface area contributed by atoms with Gasteiger partial charge in [0.15, 0.2) is 49.9 Å². The van der Waals surface area contributed by atoms with Gasteiger partial charge in [0.25, 0.3) is 0 Å². The molecule has 0 spiro atoms. The first-order chi connectivity index (χ1) is 15.6. The van der Waals surface area contributed by atoms with Crippen LogP contribution in [-0.2, 0) is 26.6 Å². The summed E-state index contributed by atoms with van der Waals surface area (Å²) >= 11 is 0. The fourth-order valence-corrected chi connectivity index (χ4v) is 9.24. The van der Waals surface area contributed by atoms with Gasteiger partial charge < -0.3 is 26.6 Å². The Morgan fingerprint density at radius 2 is 0.556 bits per heavy atom. The van der Waals surface area contributed by atoms with Crippen LogP contribution in [-0.4, -0.2) is 87.5 Å². The Morgan fingerprint density at radius 1 is 0.333 bits per heavy atom. The molecule has 0 aliphatic rings. The molecular formula is C24H62O6Si6. The summed E-state index contributed by atoms with van der Waals surface area (Å²) in [6.45, 7) is 41.2. The van der Waals surface area contributed by atoms with Crippen LogP contribution in [0.2, 0.25) is 118 Å². The van der Waals surface area contributed by atoms with Crippen molar-refractivity contribution in [3.63, 3.8) is 0 Å². The molecule has 0 saturated carbocycles. The Kier molecular flexibility index (Phi) is 14.0. The van der Waals surface area contributed by atoms with E-state index in [1.165, 1.54) is 0 Å². The summed E-state index contributed by atoms with van der Waals surface area (Å²) in [5.74, 6) is 0. The predicted octanol–water partition coefficient (Wildman–Crippen LogP) is 7.57. The highest BCUT2D eigenvalue weighted by molar-refractivity contribution is 6.71. The fourth-order valence-electron chi connectivity index (χ4n) is 3.49. The van der Waals surface area contributed by atoms with Gasteiger partial charge in [0.2, 0.25) is 0 Å². The lowest BCUT2D eigenvalue weighted by Crippen LogP contribution is -2.60. The van der Waals surface area contributed by atoms with Crippen molar-refractivity contribution in [2.75, 3.05) is 13.2 Å². The summed E-state index contributed by atoms with van der Waals surface area (Å²) in [6.07, 6.45) is -1.04. The molecule has 0 aliphatic heterocycles. The molecule has 0 bridgehead atoms. The summed E-state index contributed by atoms with van der Waals surface area (Å²) < 4.78 is 40.7. The van der Waals surface area contributed by atoms with Gasteiger partial charge in [0.1, 0.15) is 0 Å². The molecular weight excluding hydrogens is 553 g/mol. The molecule has 36 heavy (non-hydrogen) atoms. The molecule has 0 radical (unpaired) electrons. The van der Waals surface area contributed by atoms with Gasteiger partial charge in [0.05, 0.1) is 37.6 Å². The van der Waals surface area contributed by atoms with E-state index < -0.39 is 49.9 Å². The third-order valence-corrected chi connectivity index (χ3v) is 10.5. The van der Waals surface area contributed by atoms with Crippen molar-refractivity contribution in [3.8, 4) is 0 Å². The molecule has 4 atom stereocenters. The molecule has 6 nitrogen and oxygen atoms in total. The molecule has 0 rings (SSSR count). The standard InChI is InChI=1S/C24H62O6Si6/c1-31(2,3)25-19-21(27-33(7,8)9)23(29-35(13,14)15)24(30-36(16,17)18)22(28-34(10,11)12)20-26-32(4,5)6/h21-24H,19-20H2,1-18H3/t21-,22-,23-,24-/m0/s1. The number of rotatable bonds is 17. The summed E-state index contributed by atoms with van der Waals surface area (Å²) in [7, 11) is -11.4. The van der Waals surface area contributed by atoms with Crippen molar-refractivity contribution in [2.45, 2.75) is 142 Å². The summed E-state index contributed by atoms with van der Waals surface area (Å²) in [6, 6.07) is 0. The molecule has 0 unspecified atom stereocenters. The van der Waals surface area contributed by atoms with Gasteiger partial charge in [-0.05, 0) is 118 Å². The maximum atomic E-state index is 7.01. The van der Waals surface area contributed by atoms with E-state index in [4.69, 9.17) is 26.6 Å². The van der Waals surface area contributed by atoms with Crippen molar-refractivity contribution in [1.29, 1.82) is 0 Å². The van der Waals surface area contributed by atoms with Crippen molar-refractivity contribution in [1.82, 2.24) is 0 Å². The van der Waals surface area contributed by atoms with Gasteiger partial charge >= 0.3 is 0 Å². The van der Waals surface area contributed by atoms with E-state index in [-0.39, 0.29) is 24.4 Å². The molecule has 0 amide bonds. The molecule has 0 aromatic rings. The lowest BCUT2D eigenvalue weighted by molar-refractivity contribution is -0.0958. The second-order valence-electron chi connectivity index (χ2n) is 15.8. The van der Waals surface area contributed by atoms with Crippen LogP contribution in [0.4, 0.5) is 0 Å². The Balaban J connectivity index is 6.80. The van der Waals surface area contributed by atoms with Gasteiger partial charge in [-0.2, -0.15) is 0 Å². The van der Waals surface area contributed by atoms with Crippen LogP contribution >= 0.6 is 0 Å². The Hall–Kier alpha value is 1.06. The number of hydrogen-bond donors (Lipinski definition) is 0. The number of hydrogen-bond acceptors (Lipinski definition) is 6. The third-order valence-electron chi connectivity index (χ3n) is 4.41. The van der Waals surface area contributed by atoms with Crippen molar-refractivity contribution in [3.05, 3.63) is 0 Å². The van der Waals surface area contributed by atoms with E-state index in [0.29, 0.717) is 13.2 Å². The van der Waals surface area contributed by atoms with E-state index >= 15 is 0 Å². The first-order valence-corrected chi connectivity index (χ1v) is 34.0. The van der Waals surface area contributed by atoms with Crippen LogP contribution < -0.4 is 0 Å². The van der Waals surface area contributed by atoms with Crippen molar-refractivity contribution in [2.24, 2.45) is 0 Å². The highest BCUT2D eigenvalue weighted by atomic mass is 28.4. The SMILES string of the molecule is C[Si](C)(C)OC[C@H](O[Si](C)(C)C)[C@H](O[Si](C)(C)C)[C@@H](O[Si](C)(C)C)[C@H](CO[Si](C)(C)C)O[Si](C)(C)C. The van der Waals surface area contributed by atoms with E-state index in [9.17, 15) is 0 Å². The van der Waals surface area contributed by atoms with Crippen molar-refractivity contribution < 1.29 is 26.6 Å². The molecule has 218 valence electrons. The Bertz CT molecular complexity index is 582. The Morgan fingerprint density at radius 3 is 0.722 bits per heavy atom. The van der Waals surface area contributed by atoms with E-state index in [0.717, 1.165) is 0 Å². The van der Waals surface area contributed by atoms with Crippen molar-refractivity contribution >= 4 is 49.9 Å². The molecule has 0 N–H and O–H groups in total. The fraction of sp³-hybridized carbons (Fsp3) is 1.00. The minimum absolute atomic E-state index is 0.226. The second kappa shape index (κ2) is 13.6. The topological polar surface area (TPSA) is 55.4 Å². The molecule has 0 aromatic carbocycles. The van der Waals surface area contributed by atoms with Gasteiger partial charge in [-0.15, -0.1) is 0 Å². The third kappa shape index (κ3) is 20.0. The highest BCUT2D eigenvalue weighted by Gasteiger charge is 2.45. The maximum absolute atomic E-state index is 7.01. The second-order valence-corrected chi connectivity index (χ2v) is 42.6. The first-order valence-electron chi connectivity index (χ1n) is 13.6. The van der Waals surface area contributed by atoms with Crippen LogP contribution in [0, 0.1) is 0 Å². The van der Waals surface area contributed by atoms with Gasteiger partial charge in [-0.25, -0.2) is 0 Å². The van der Waals surface area contributed by atoms with Crippen LogP contribution in [0.25, 0.3) is 0 Å². The average molecular weight is 615 g/mol. The predicted molar refractivity (Wildman–Crippen MR) is 171 cm³/mol. The summed E-state index contributed by atoms with van der Waals surface area (Å²) in [4.78, 5) is 0. The average Bonchev–Trinajstić information content (AvgIpc) is 2.53. The normalized spacial score (nSPS) is 18.2. The van der Waals surface area contributed by atoms with Crippen LogP contribution in [0.15, 0.2) is 0 Å². The molecule has 0 fully saturated rings. The molecule has 0 heterocycles. The lowest BCUT2D eigenvalue weighted by Gasteiger charge is -2.46. The zero-order chi connectivity index (χ0) is 29.0. The molecule has 12 heteroatoms. The van der Waals surface area contributed by atoms with Crippen LogP contribution in [0.5, 0.6) is 0 Å². The van der Waals surface area contributed by atoms with Gasteiger partial charge in [-0.1, -0.05) is 0 Å². The van der Waals surface area contributed by atoms with E-state index in [2.05, 4.69) is 118 Å². The van der Waals surface area contributed by atoms with Crippen LogP contribution in [0.3, 0.4) is 0 Å². The van der Waals surface area contributed by atoms with Gasteiger partial charge in [0, 0.05) is 0 Å². The maximum Gasteiger partial charge on any atom is 0.184 e. The van der Waals surface area contributed by atoms with E-state index in [1.54, 1.807) is 0 Å². The van der Waals surface area contributed by atoms with Gasteiger partial charge in [-0.3, -0.25) is 0 Å². The highest BCUT2D eigenvalue weighted by Crippen LogP contribution is 2.29. The Labute approximate surface area is 231 Å². The molecule has 0 saturated heterocycles. The largest absolute Gasteiger partial charge is 0.415 e. The minimum atomic E-state index is -1.99. The van der Waals surface area contributed by atoms with E-state index in [1.807, 2.05) is 0 Å². The summed E-state index contributed by atoms with van der Waals surface area (Å²) in [5.41, 5.74) is 0. The lowest BCUT2D eigenvalue weighted by atomic mass is 10.0. The smallest absolute Gasteiger partial charge is 0.184 e. The zero-order valence-corrected chi connectivity index (χ0v) is 33.2. The van der Waals surface area contributed by atoms with Crippen LogP contribution in [0.1, 0.15) is 0 Å². The quantitative estimate of drug-likeness (QED) is 0.158. The zero-order valence-electron chi connectivity index (χ0n) is 27.2. The minimum Gasteiger partial charge on any atom is -0.415 e.